The maximum Gasteiger partial charge on any atom is 0.293 e. The van der Waals surface area contributed by atoms with Gasteiger partial charge >= 0.3 is 0 Å². The van der Waals surface area contributed by atoms with Crippen molar-refractivity contribution in [3.63, 3.8) is 0 Å². The van der Waals surface area contributed by atoms with E-state index in [2.05, 4.69) is 35.8 Å². The van der Waals surface area contributed by atoms with E-state index >= 15 is 0 Å². The number of ether oxygens (including phenoxy) is 1. The number of benzene rings is 2. The number of nitrogens with one attached hydrogen (secondary N) is 1. The third-order valence-corrected chi connectivity index (χ3v) is 5.22. The third-order valence-electron chi connectivity index (χ3n) is 4.87. The second-order valence-electron chi connectivity index (χ2n) is 7.62. The SMILES string of the molecule is CC(C)c1c(C(=O)NN=Cc2ccc(OCc3c(F)cccc3Cl)cc2)nnn1-c1nonc1N. The van der Waals surface area contributed by atoms with Crippen molar-refractivity contribution in [2.75, 3.05) is 5.73 Å². The molecule has 3 N–H and O–H groups in total. The summed E-state index contributed by atoms with van der Waals surface area (Å²) < 4.78 is 25.4. The molecular weight excluding hydrogens is 479 g/mol. The zero-order valence-electron chi connectivity index (χ0n) is 18.6. The van der Waals surface area contributed by atoms with E-state index in [4.69, 9.17) is 22.1 Å². The van der Waals surface area contributed by atoms with Crippen LogP contribution in [0.5, 0.6) is 5.75 Å². The van der Waals surface area contributed by atoms with Crippen molar-refractivity contribution in [1.29, 1.82) is 0 Å². The summed E-state index contributed by atoms with van der Waals surface area (Å²) in [5.74, 6) is -0.454. The minimum atomic E-state index is -0.562. The minimum Gasteiger partial charge on any atom is -0.489 e. The first-order valence-corrected chi connectivity index (χ1v) is 10.8. The summed E-state index contributed by atoms with van der Waals surface area (Å²) >= 11 is 6.01. The van der Waals surface area contributed by atoms with Crippen molar-refractivity contribution in [3.05, 3.63) is 75.8 Å². The summed E-state index contributed by atoms with van der Waals surface area (Å²) in [6, 6.07) is 11.3. The Morgan fingerprint density at radius 2 is 2.06 bits per heavy atom. The molecule has 0 radical (unpaired) electrons. The van der Waals surface area contributed by atoms with Crippen molar-refractivity contribution in [1.82, 2.24) is 30.7 Å². The monoisotopic (exact) mass is 498 g/mol. The minimum absolute atomic E-state index is 0.0100. The number of halogens is 2. The molecule has 0 aliphatic heterocycles. The van der Waals surface area contributed by atoms with Crippen LogP contribution in [0.15, 0.2) is 52.2 Å². The smallest absolute Gasteiger partial charge is 0.293 e. The maximum absolute atomic E-state index is 13.9. The highest BCUT2D eigenvalue weighted by Crippen LogP contribution is 2.23. The quantitative estimate of drug-likeness (QED) is 0.277. The van der Waals surface area contributed by atoms with Gasteiger partial charge < -0.3 is 10.5 Å². The van der Waals surface area contributed by atoms with E-state index < -0.39 is 11.7 Å². The zero-order valence-corrected chi connectivity index (χ0v) is 19.4. The number of aromatic nitrogens is 5. The van der Waals surface area contributed by atoms with Crippen molar-refractivity contribution in [3.8, 4) is 11.6 Å². The van der Waals surface area contributed by atoms with E-state index in [1.54, 1.807) is 30.3 Å². The summed E-state index contributed by atoms with van der Waals surface area (Å²) in [4.78, 5) is 12.7. The number of carbonyl (C=O) groups is 1. The Balaban J connectivity index is 1.39. The van der Waals surface area contributed by atoms with Gasteiger partial charge in [0.25, 0.3) is 5.91 Å². The number of rotatable bonds is 8. The number of nitrogens with zero attached hydrogens (tertiary/aromatic N) is 6. The molecule has 1 amide bonds. The van der Waals surface area contributed by atoms with Gasteiger partial charge in [-0.3, -0.25) is 4.79 Å². The van der Waals surface area contributed by atoms with Crippen LogP contribution >= 0.6 is 11.6 Å². The fourth-order valence-electron chi connectivity index (χ4n) is 3.16. The van der Waals surface area contributed by atoms with Crippen LogP contribution in [0.4, 0.5) is 10.2 Å². The van der Waals surface area contributed by atoms with Gasteiger partial charge in [-0.25, -0.2) is 14.4 Å². The Morgan fingerprint density at radius 1 is 1.29 bits per heavy atom. The molecule has 13 heteroatoms. The van der Waals surface area contributed by atoms with Crippen molar-refractivity contribution < 1.29 is 18.6 Å². The predicted molar refractivity (Wildman–Crippen MR) is 125 cm³/mol. The number of carbonyl (C=O) groups excluding carboxylic acids is 1. The normalized spacial score (nSPS) is 11.3. The Bertz CT molecular complexity index is 1350. The van der Waals surface area contributed by atoms with E-state index in [-0.39, 0.29) is 35.4 Å². The Kier molecular flexibility index (Phi) is 7.01. The standard InChI is InChI=1S/C22H20ClFN8O3/c1-12(2)19-18(27-31-32(19)21-20(25)29-35-30-21)22(33)28-26-10-13-6-8-14(9-7-13)34-11-15-16(23)4-3-5-17(15)24/h3-10,12H,11H2,1-2H3,(H2,25,29)(H,28,33). The molecule has 0 saturated carbocycles. The van der Waals surface area contributed by atoms with E-state index in [1.807, 2.05) is 13.8 Å². The highest BCUT2D eigenvalue weighted by atomic mass is 35.5. The molecule has 0 aliphatic carbocycles. The molecule has 35 heavy (non-hydrogen) atoms. The highest BCUT2D eigenvalue weighted by Gasteiger charge is 2.25. The molecule has 180 valence electrons. The molecule has 0 atom stereocenters. The van der Waals surface area contributed by atoms with Crippen molar-refractivity contribution in [2.24, 2.45) is 5.10 Å². The van der Waals surface area contributed by atoms with Crippen LogP contribution in [0.25, 0.3) is 5.82 Å². The molecular formula is C22H20ClFN8O3. The number of hydrazone groups is 1. The number of amides is 1. The van der Waals surface area contributed by atoms with Crippen LogP contribution in [-0.4, -0.2) is 37.4 Å². The van der Waals surface area contributed by atoms with Crippen LogP contribution in [-0.2, 0) is 6.61 Å². The number of nitrogen functional groups attached to an aromatic ring is 1. The summed E-state index contributed by atoms with van der Waals surface area (Å²) in [6.45, 7) is 3.72. The number of hydrogen-bond acceptors (Lipinski definition) is 9. The van der Waals surface area contributed by atoms with Gasteiger partial charge in [0.2, 0.25) is 11.6 Å². The van der Waals surface area contributed by atoms with Crippen LogP contribution in [0.2, 0.25) is 5.02 Å². The van der Waals surface area contributed by atoms with Crippen LogP contribution in [0.1, 0.15) is 47.1 Å². The summed E-state index contributed by atoms with van der Waals surface area (Å²) in [5.41, 5.74) is 9.66. The average Bonchev–Trinajstić information content (AvgIpc) is 3.45. The molecule has 0 spiro atoms. The fraction of sp³-hybridized carbons (Fsp3) is 0.182. The first-order valence-electron chi connectivity index (χ1n) is 10.4. The first-order chi connectivity index (χ1) is 16.8. The van der Waals surface area contributed by atoms with Crippen LogP contribution in [0.3, 0.4) is 0 Å². The molecule has 2 heterocycles. The lowest BCUT2D eigenvalue weighted by Gasteiger charge is -2.09. The van der Waals surface area contributed by atoms with Crippen LogP contribution in [0, 0.1) is 5.82 Å². The highest BCUT2D eigenvalue weighted by molar-refractivity contribution is 6.31. The van der Waals surface area contributed by atoms with Gasteiger partial charge in [-0.1, -0.05) is 36.7 Å². The predicted octanol–water partition coefficient (Wildman–Crippen LogP) is 3.49. The first kappa shape index (κ1) is 23.8. The Labute approximate surface area is 203 Å². The second-order valence-corrected chi connectivity index (χ2v) is 8.03. The van der Waals surface area contributed by atoms with E-state index in [9.17, 15) is 9.18 Å². The largest absolute Gasteiger partial charge is 0.489 e. The van der Waals surface area contributed by atoms with E-state index in [0.717, 1.165) is 0 Å². The molecule has 2 aromatic carbocycles. The Morgan fingerprint density at radius 3 is 2.71 bits per heavy atom. The van der Waals surface area contributed by atoms with Gasteiger partial charge in [0.15, 0.2) is 5.69 Å². The lowest BCUT2D eigenvalue weighted by atomic mass is 10.1. The molecule has 0 saturated heterocycles. The lowest BCUT2D eigenvalue weighted by molar-refractivity contribution is 0.0948. The second kappa shape index (κ2) is 10.3. The van der Waals surface area contributed by atoms with E-state index in [0.29, 0.717) is 22.0 Å². The third kappa shape index (κ3) is 5.27. The maximum atomic E-state index is 13.9. The molecule has 11 nitrogen and oxygen atoms in total. The van der Waals surface area contributed by atoms with Crippen molar-refractivity contribution >= 4 is 29.5 Å². The summed E-state index contributed by atoms with van der Waals surface area (Å²) in [7, 11) is 0. The molecule has 4 aromatic rings. The molecule has 0 fully saturated rings. The van der Waals surface area contributed by atoms with Crippen molar-refractivity contribution in [2.45, 2.75) is 26.4 Å². The van der Waals surface area contributed by atoms with Gasteiger partial charge in [0.1, 0.15) is 18.2 Å². The molecule has 2 aromatic heterocycles. The van der Waals surface area contributed by atoms with E-state index in [1.165, 1.54) is 23.0 Å². The average molecular weight is 499 g/mol. The molecule has 0 unspecified atom stereocenters. The van der Waals surface area contributed by atoms with Gasteiger partial charge in [-0.05, 0) is 58.2 Å². The molecule has 0 aliphatic rings. The van der Waals surface area contributed by atoms with Gasteiger partial charge in [-0.2, -0.15) is 9.78 Å². The number of anilines is 1. The topological polar surface area (TPSA) is 146 Å². The summed E-state index contributed by atoms with van der Waals surface area (Å²) in [5, 5.41) is 19.4. The van der Waals surface area contributed by atoms with Gasteiger partial charge in [0, 0.05) is 5.56 Å². The lowest BCUT2D eigenvalue weighted by Crippen LogP contribution is -2.21. The fourth-order valence-corrected chi connectivity index (χ4v) is 3.37. The van der Waals surface area contributed by atoms with Gasteiger partial charge in [0.05, 0.1) is 16.9 Å². The molecule has 0 bridgehead atoms. The molecule has 4 rings (SSSR count). The van der Waals surface area contributed by atoms with Crippen LogP contribution < -0.4 is 15.9 Å². The zero-order chi connectivity index (χ0) is 24.9. The Hall–Kier alpha value is -4.32. The number of hydrogen-bond donors (Lipinski definition) is 2. The van der Waals surface area contributed by atoms with Gasteiger partial charge in [-0.15, -0.1) is 5.10 Å². The summed E-state index contributed by atoms with van der Waals surface area (Å²) in [6.07, 6.45) is 1.45. The number of nitrogens with two attached hydrogens (primary N) is 1.